The summed E-state index contributed by atoms with van der Waals surface area (Å²) < 4.78 is 28.5. The van der Waals surface area contributed by atoms with Crippen LogP contribution in [-0.4, -0.2) is 54.7 Å². The van der Waals surface area contributed by atoms with Gasteiger partial charge in [-0.1, -0.05) is 34.8 Å². The maximum absolute atomic E-state index is 13.6. The Morgan fingerprint density at radius 2 is 1.84 bits per heavy atom. The highest BCUT2D eigenvalue weighted by Crippen LogP contribution is 2.36. The molecule has 1 aliphatic rings. The number of benzene rings is 2. The molecule has 1 saturated heterocycles. The number of aliphatic carboxylic acids is 1. The Bertz CT molecular complexity index is 1070. The number of rotatable bonds is 9. The normalized spacial score (nSPS) is 17.9. The summed E-state index contributed by atoms with van der Waals surface area (Å²) in [5.74, 6) is -0.153. The Labute approximate surface area is 207 Å². The van der Waals surface area contributed by atoms with Gasteiger partial charge in [-0.05, 0) is 68.8 Å². The Morgan fingerprint density at radius 1 is 1.19 bits per heavy atom. The molecule has 0 radical (unpaired) electrons. The molecule has 1 heterocycles. The summed E-state index contributed by atoms with van der Waals surface area (Å²) in [5, 5.41) is 9.83. The first-order chi connectivity index (χ1) is 15.1. The van der Waals surface area contributed by atoms with E-state index in [1.54, 1.807) is 18.2 Å². The number of carbonyl (C=O) groups is 1. The lowest BCUT2D eigenvalue weighted by Crippen LogP contribution is -2.39. The molecule has 1 N–H and O–H groups in total. The Morgan fingerprint density at radius 3 is 2.47 bits per heavy atom. The van der Waals surface area contributed by atoms with Crippen LogP contribution in [0.15, 0.2) is 47.4 Å². The minimum absolute atomic E-state index is 0.102. The number of thioether (sulfide) groups is 1. The summed E-state index contributed by atoms with van der Waals surface area (Å²) in [7, 11) is -3.94. The summed E-state index contributed by atoms with van der Waals surface area (Å²) in [6, 6.07) is 10.3. The van der Waals surface area contributed by atoms with Crippen molar-refractivity contribution in [2.24, 2.45) is 0 Å². The standard InChI is InChI=1S/C21H23Cl3N2O4S2/c1-14(3-2-10-25-12-20(21(27)28)31-13-25)26(19-11-16(23)6-9-18(19)24)32(29,30)17-7-4-15(22)5-8-17/h4-9,11,14,20H,2-3,10,12-13H2,1H3,(H,27,28). The van der Waals surface area contributed by atoms with Gasteiger partial charge in [-0.15, -0.1) is 11.8 Å². The Balaban J connectivity index is 1.82. The number of halogens is 3. The summed E-state index contributed by atoms with van der Waals surface area (Å²) in [5.41, 5.74) is 0.310. The first kappa shape index (κ1) is 25.5. The van der Waals surface area contributed by atoms with E-state index in [0.29, 0.717) is 47.5 Å². The van der Waals surface area contributed by atoms with Gasteiger partial charge in [-0.2, -0.15) is 0 Å². The van der Waals surface area contributed by atoms with Crippen molar-refractivity contribution in [1.82, 2.24) is 4.90 Å². The third kappa shape index (κ3) is 6.04. The molecule has 1 fully saturated rings. The van der Waals surface area contributed by atoms with Gasteiger partial charge in [0.05, 0.1) is 15.6 Å². The van der Waals surface area contributed by atoms with E-state index < -0.39 is 27.3 Å². The van der Waals surface area contributed by atoms with Crippen LogP contribution in [-0.2, 0) is 14.8 Å². The molecule has 2 aromatic rings. The maximum Gasteiger partial charge on any atom is 0.317 e. The average Bonchev–Trinajstić information content (AvgIpc) is 3.20. The lowest BCUT2D eigenvalue weighted by Gasteiger charge is -2.32. The van der Waals surface area contributed by atoms with E-state index in [4.69, 9.17) is 39.9 Å². The highest BCUT2D eigenvalue weighted by atomic mass is 35.5. The predicted octanol–water partition coefficient (Wildman–Crippen LogP) is 5.47. The van der Waals surface area contributed by atoms with Crippen LogP contribution in [0, 0.1) is 0 Å². The van der Waals surface area contributed by atoms with E-state index in [9.17, 15) is 13.2 Å². The molecule has 0 aromatic heterocycles. The lowest BCUT2D eigenvalue weighted by molar-refractivity contribution is -0.136. The smallest absolute Gasteiger partial charge is 0.317 e. The first-order valence-electron chi connectivity index (χ1n) is 9.91. The predicted molar refractivity (Wildman–Crippen MR) is 132 cm³/mol. The van der Waals surface area contributed by atoms with Gasteiger partial charge in [0.25, 0.3) is 10.0 Å². The minimum Gasteiger partial charge on any atom is -0.480 e. The van der Waals surface area contributed by atoms with Gasteiger partial charge in [0.1, 0.15) is 5.25 Å². The van der Waals surface area contributed by atoms with Crippen molar-refractivity contribution in [3.05, 3.63) is 57.5 Å². The highest BCUT2D eigenvalue weighted by Gasteiger charge is 2.32. The van der Waals surface area contributed by atoms with E-state index in [0.717, 1.165) is 0 Å². The average molecular weight is 538 g/mol. The zero-order valence-corrected chi connectivity index (χ0v) is 21.1. The molecule has 2 atom stereocenters. The van der Waals surface area contributed by atoms with Crippen LogP contribution < -0.4 is 4.31 Å². The fourth-order valence-electron chi connectivity index (χ4n) is 3.55. The highest BCUT2D eigenvalue weighted by molar-refractivity contribution is 8.00. The van der Waals surface area contributed by atoms with E-state index in [1.807, 2.05) is 6.92 Å². The van der Waals surface area contributed by atoms with Crippen LogP contribution in [0.4, 0.5) is 5.69 Å². The van der Waals surface area contributed by atoms with Crippen molar-refractivity contribution in [3.63, 3.8) is 0 Å². The molecule has 11 heteroatoms. The number of anilines is 1. The molecule has 6 nitrogen and oxygen atoms in total. The number of nitrogens with zero attached hydrogens (tertiary/aromatic N) is 2. The van der Waals surface area contributed by atoms with Crippen LogP contribution in [0.1, 0.15) is 19.8 Å². The van der Waals surface area contributed by atoms with Gasteiger partial charge in [0.2, 0.25) is 0 Å². The maximum atomic E-state index is 13.6. The zero-order valence-electron chi connectivity index (χ0n) is 17.2. The van der Waals surface area contributed by atoms with Crippen LogP contribution >= 0.6 is 46.6 Å². The van der Waals surface area contributed by atoms with Crippen LogP contribution in [0.25, 0.3) is 0 Å². The molecular formula is C21H23Cl3N2O4S2. The van der Waals surface area contributed by atoms with Gasteiger partial charge in [0, 0.05) is 28.5 Å². The molecule has 2 unspecified atom stereocenters. The lowest BCUT2D eigenvalue weighted by atomic mass is 10.1. The zero-order chi connectivity index (χ0) is 23.5. The monoisotopic (exact) mass is 536 g/mol. The van der Waals surface area contributed by atoms with Crippen molar-refractivity contribution < 1.29 is 18.3 Å². The summed E-state index contributed by atoms with van der Waals surface area (Å²) in [4.78, 5) is 13.3. The molecule has 0 amide bonds. The number of hydrogen-bond acceptors (Lipinski definition) is 5. The second kappa shape index (κ2) is 10.8. The molecule has 0 bridgehead atoms. The van der Waals surface area contributed by atoms with Gasteiger partial charge in [-0.25, -0.2) is 8.42 Å². The second-order valence-corrected chi connectivity index (χ2v) is 11.8. The van der Waals surface area contributed by atoms with Gasteiger partial charge in [-0.3, -0.25) is 14.0 Å². The Hall–Kier alpha value is -1.16. The molecule has 2 aromatic carbocycles. The third-order valence-corrected chi connectivity index (χ3v) is 9.19. The van der Waals surface area contributed by atoms with E-state index in [-0.39, 0.29) is 9.92 Å². The summed E-state index contributed by atoms with van der Waals surface area (Å²) >= 11 is 19.9. The van der Waals surface area contributed by atoms with Crippen molar-refractivity contribution in [2.75, 3.05) is 23.3 Å². The molecule has 1 aliphatic heterocycles. The summed E-state index contributed by atoms with van der Waals surface area (Å²) in [6.07, 6.45) is 1.24. The number of sulfonamides is 1. The largest absolute Gasteiger partial charge is 0.480 e. The Kier molecular flexibility index (Phi) is 8.63. The van der Waals surface area contributed by atoms with Crippen molar-refractivity contribution in [3.8, 4) is 0 Å². The van der Waals surface area contributed by atoms with Gasteiger partial charge < -0.3 is 5.11 Å². The topological polar surface area (TPSA) is 77.9 Å². The van der Waals surface area contributed by atoms with Crippen molar-refractivity contribution in [2.45, 2.75) is 36.0 Å². The molecule has 32 heavy (non-hydrogen) atoms. The second-order valence-electron chi connectivity index (χ2n) is 7.54. The summed E-state index contributed by atoms with van der Waals surface area (Å²) in [6.45, 7) is 2.99. The molecule has 174 valence electrons. The quantitative estimate of drug-likeness (QED) is 0.457. The number of carboxylic acid groups (broad SMARTS) is 1. The molecule has 0 aliphatic carbocycles. The van der Waals surface area contributed by atoms with Crippen LogP contribution in [0.2, 0.25) is 15.1 Å². The van der Waals surface area contributed by atoms with Crippen molar-refractivity contribution in [1.29, 1.82) is 0 Å². The van der Waals surface area contributed by atoms with E-state index in [1.165, 1.54) is 40.3 Å². The molecular weight excluding hydrogens is 515 g/mol. The van der Waals surface area contributed by atoms with Gasteiger partial charge >= 0.3 is 5.97 Å². The fraction of sp³-hybridized carbons (Fsp3) is 0.381. The molecule has 3 rings (SSSR count). The SMILES string of the molecule is CC(CCCN1CSC(C(=O)O)C1)N(c1cc(Cl)ccc1Cl)S(=O)(=O)c1ccc(Cl)cc1. The fourth-order valence-corrected chi connectivity index (χ4v) is 6.88. The van der Waals surface area contributed by atoms with Crippen molar-refractivity contribution >= 4 is 68.2 Å². The first-order valence-corrected chi connectivity index (χ1v) is 13.5. The van der Waals surface area contributed by atoms with E-state index >= 15 is 0 Å². The third-order valence-electron chi connectivity index (χ3n) is 5.17. The number of carboxylic acids is 1. The van der Waals surface area contributed by atoms with Gasteiger partial charge in [0.15, 0.2) is 0 Å². The van der Waals surface area contributed by atoms with E-state index in [2.05, 4.69) is 4.90 Å². The minimum atomic E-state index is -3.94. The van der Waals surface area contributed by atoms with Crippen LogP contribution in [0.5, 0.6) is 0 Å². The number of hydrogen-bond donors (Lipinski definition) is 1. The molecule has 0 spiro atoms. The molecule has 0 saturated carbocycles. The van der Waals surface area contributed by atoms with Crippen LogP contribution in [0.3, 0.4) is 0 Å².